The highest BCUT2D eigenvalue weighted by atomic mass is 16.5. The van der Waals surface area contributed by atoms with Gasteiger partial charge in [-0.25, -0.2) is 5.10 Å². The van der Waals surface area contributed by atoms with Crippen molar-refractivity contribution < 1.29 is 9.53 Å². The smallest absolute Gasteiger partial charge is 0.288 e. The number of aromatic nitrogens is 3. The van der Waals surface area contributed by atoms with Gasteiger partial charge >= 0.3 is 0 Å². The zero-order valence-corrected chi connectivity index (χ0v) is 20.9. The van der Waals surface area contributed by atoms with E-state index >= 15 is 0 Å². The third-order valence-electron chi connectivity index (χ3n) is 7.24. The number of carbonyl (C=O) groups excluding carboxylic acids is 1. The van der Waals surface area contributed by atoms with E-state index in [0.29, 0.717) is 35.0 Å². The van der Waals surface area contributed by atoms with E-state index in [9.17, 15) is 9.59 Å². The van der Waals surface area contributed by atoms with Gasteiger partial charge in [-0.1, -0.05) is 60.7 Å². The largest absolute Gasteiger partial charge is 0.489 e. The van der Waals surface area contributed by atoms with Gasteiger partial charge in [0.25, 0.3) is 5.56 Å². The number of benzene rings is 3. The maximum absolute atomic E-state index is 13.0. The molecule has 1 fully saturated rings. The van der Waals surface area contributed by atoms with Gasteiger partial charge in [0.15, 0.2) is 5.82 Å². The average Bonchev–Trinajstić information content (AvgIpc) is 3.35. The molecule has 3 N–H and O–H groups in total. The van der Waals surface area contributed by atoms with E-state index in [1.54, 1.807) is 0 Å². The summed E-state index contributed by atoms with van der Waals surface area (Å²) >= 11 is 0. The molecule has 3 heterocycles. The standard InChI is InChI=1S/C30H29N5O3/c36-26(18-35-15-13-22(14-16-35)21-9-5-2-6-10-21)32-29-27-24-17-23(38-19-20-7-3-1-4-8-20)11-12-25(24)31-28(27)30(37)34-33-29/h1-12,17,22,31H,13-16,18-19H2,(H,34,37)(H,32,33,36). The van der Waals surface area contributed by atoms with E-state index in [1.807, 2.05) is 54.6 Å². The van der Waals surface area contributed by atoms with Gasteiger partial charge in [0.1, 0.15) is 17.9 Å². The Labute approximate surface area is 219 Å². The molecule has 0 saturated carbocycles. The highest BCUT2D eigenvalue weighted by Crippen LogP contribution is 2.31. The Hall–Kier alpha value is -4.43. The summed E-state index contributed by atoms with van der Waals surface area (Å²) in [6, 6.07) is 26.1. The van der Waals surface area contributed by atoms with Crippen LogP contribution in [0.1, 0.15) is 29.9 Å². The van der Waals surface area contributed by atoms with Gasteiger partial charge in [-0.05, 0) is 61.2 Å². The number of ether oxygens (including phenoxy) is 1. The van der Waals surface area contributed by atoms with Crippen LogP contribution in [0.5, 0.6) is 5.75 Å². The summed E-state index contributed by atoms with van der Waals surface area (Å²) in [6.45, 7) is 2.42. The van der Waals surface area contributed by atoms with Crippen LogP contribution >= 0.6 is 0 Å². The second kappa shape index (κ2) is 10.5. The predicted molar refractivity (Wildman–Crippen MR) is 148 cm³/mol. The van der Waals surface area contributed by atoms with Crippen LogP contribution in [0.15, 0.2) is 83.7 Å². The summed E-state index contributed by atoms with van der Waals surface area (Å²) in [5.41, 5.74) is 3.22. The first-order chi connectivity index (χ1) is 18.6. The molecule has 0 atom stereocenters. The molecule has 2 aromatic heterocycles. The van der Waals surface area contributed by atoms with Crippen LogP contribution in [0.25, 0.3) is 21.8 Å². The van der Waals surface area contributed by atoms with Crippen molar-refractivity contribution >= 4 is 33.5 Å². The van der Waals surface area contributed by atoms with Crippen LogP contribution in [0, 0.1) is 0 Å². The second-order valence-corrected chi connectivity index (χ2v) is 9.77. The first-order valence-corrected chi connectivity index (χ1v) is 12.9. The normalized spacial score (nSPS) is 14.6. The van der Waals surface area contributed by atoms with Gasteiger partial charge in [0.05, 0.1) is 11.9 Å². The van der Waals surface area contributed by atoms with Crippen molar-refractivity contribution in [1.29, 1.82) is 0 Å². The van der Waals surface area contributed by atoms with Gasteiger partial charge in [0, 0.05) is 10.9 Å². The molecule has 8 nitrogen and oxygen atoms in total. The molecular weight excluding hydrogens is 478 g/mol. The minimum absolute atomic E-state index is 0.158. The van der Waals surface area contributed by atoms with E-state index in [4.69, 9.17) is 4.74 Å². The summed E-state index contributed by atoms with van der Waals surface area (Å²) in [6.07, 6.45) is 2.04. The summed E-state index contributed by atoms with van der Waals surface area (Å²) in [5.74, 6) is 1.37. The molecule has 0 spiro atoms. The number of carbonyl (C=O) groups is 1. The Balaban J connectivity index is 1.18. The first-order valence-electron chi connectivity index (χ1n) is 12.9. The fourth-order valence-electron chi connectivity index (χ4n) is 5.25. The van der Waals surface area contributed by atoms with Crippen LogP contribution < -0.4 is 15.6 Å². The van der Waals surface area contributed by atoms with Crippen LogP contribution in [-0.2, 0) is 11.4 Å². The van der Waals surface area contributed by atoms with Crippen molar-refractivity contribution in [2.45, 2.75) is 25.4 Å². The molecule has 0 radical (unpaired) electrons. The Kier molecular flexibility index (Phi) is 6.62. The summed E-state index contributed by atoms with van der Waals surface area (Å²) in [4.78, 5) is 30.9. The van der Waals surface area contributed by atoms with Gasteiger partial charge in [-0.3, -0.25) is 14.5 Å². The van der Waals surface area contributed by atoms with Crippen molar-refractivity contribution in [1.82, 2.24) is 20.1 Å². The predicted octanol–water partition coefficient (Wildman–Crippen LogP) is 4.80. The molecule has 3 aromatic carbocycles. The number of likely N-dealkylation sites (tertiary alicyclic amines) is 1. The van der Waals surface area contributed by atoms with Crippen molar-refractivity contribution in [2.24, 2.45) is 0 Å². The van der Waals surface area contributed by atoms with Crippen LogP contribution in [-0.4, -0.2) is 45.6 Å². The summed E-state index contributed by atoms with van der Waals surface area (Å²) in [5, 5.41) is 11.0. The van der Waals surface area contributed by atoms with Crippen molar-refractivity contribution in [3.8, 4) is 5.75 Å². The number of nitrogens with one attached hydrogen (secondary N) is 3. The lowest BCUT2D eigenvalue weighted by Crippen LogP contribution is -2.39. The van der Waals surface area contributed by atoms with Crippen LogP contribution in [0.3, 0.4) is 0 Å². The van der Waals surface area contributed by atoms with Gasteiger partial charge in [-0.2, -0.15) is 5.10 Å². The number of anilines is 1. The Bertz CT molecular complexity index is 1620. The highest BCUT2D eigenvalue weighted by Gasteiger charge is 2.23. The van der Waals surface area contributed by atoms with Crippen molar-refractivity contribution in [3.05, 3.63) is 100 Å². The molecule has 1 aliphatic heterocycles. The number of fused-ring (bicyclic) bond motifs is 3. The first kappa shape index (κ1) is 23.9. The quantitative estimate of drug-likeness (QED) is 0.294. The lowest BCUT2D eigenvalue weighted by atomic mass is 9.89. The zero-order valence-electron chi connectivity index (χ0n) is 20.9. The van der Waals surface area contributed by atoms with E-state index in [2.05, 4.69) is 49.7 Å². The molecule has 1 amide bonds. The molecule has 192 valence electrons. The maximum atomic E-state index is 13.0. The Morgan fingerprint density at radius 2 is 1.74 bits per heavy atom. The fourth-order valence-corrected chi connectivity index (χ4v) is 5.25. The zero-order chi connectivity index (χ0) is 25.9. The second-order valence-electron chi connectivity index (χ2n) is 9.77. The van der Waals surface area contributed by atoms with Gasteiger partial charge in [-0.15, -0.1) is 0 Å². The minimum atomic E-state index is -0.344. The number of piperidine rings is 1. The lowest BCUT2D eigenvalue weighted by molar-refractivity contribution is -0.117. The van der Waals surface area contributed by atoms with E-state index < -0.39 is 0 Å². The molecule has 38 heavy (non-hydrogen) atoms. The molecule has 8 heteroatoms. The Morgan fingerprint density at radius 1 is 1.00 bits per heavy atom. The van der Waals surface area contributed by atoms with Crippen molar-refractivity contribution in [3.63, 3.8) is 0 Å². The minimum Gasteiger partial charge on any atom is -0.489 e. The molecule has 5 aromatic rings. The number of hydrogen-bond donors (Lipinski definition) is 3. The molecule has 0 aliphatic carbocycles. The summed E-state index contributed by atoms with van der Waals surface area (Å²) < 4.78 is 6.00. The molecule has 1 saturated heterocycles. The van der Waals surface area contributed by atoms with Crippen LogP contribution in [0.2, 0.25) is 0 Å². The molecular formula is C30H29N5O3. The SMILES string of the molecule is O=C(CN1CCC(c2ccccc2)CC1)Nc1n[nH]c(=O)c2[nH]c3ccc(OCc4ccccc4)cc3c12. The highest BCUT2D eigenvalue weighted by molar-refractivity contribution is 6.14. The number of aromatic amines is 2. The average molecular weight is 508 g/mol. The maximum Gasteiger partial charge on any atom is 0.288 e. The van der Waals surface area contributed by atoms with Crippen molar-refractivity contribution in [2.75, 3.05) is 25.0 Å². The lowest BCUT2D eigenvalue weighted by Gasteiger charge is -2.31. The van der Waals surface area contributed by atoms with Gasteiger partial charge in [0.2, 0.25) is 5.91 Å². The third-order valence-corrected chi connectivity index (χ3v) is 7.24. The fraction of sp³-hybridized carbons (Fsp3) is 0.233. The summed E-state index contributed by atoms with van der Waals surface area (Å²) in [7, 11) is 0. The topological polar surface area (TPSA) is 103 Å². The van der Waals surface area contributed by atoms with E-state index in [0.717, 1.165) is 42.4 Å². The van der Waals surface area contributed by atoms with E-state index in [1.165, 1.54) is 5.56 Å². The van der Waals surface area contributed by atoms with E-state index in [-0.39, 0.29) is 18.0 Å². The number of H-pyrrole nitrogens is 2. The number of nitrogens with zero attached hydrogens (tertiary/aromatic N) is 2. The monoisotopic (exact) mass is 507 g/mol. The molecule has 1 aliphatic rings. The number of amides is 1. The molecule has 6 rings (SSSR count). The van der Waals surface area contributed by atoms with Gasteiger partial charge < -0.3 is 15.0 Å². The number of hydrogen-bond acceptors (Lipinski definition) is 5. The third kappa shape index (κ3) is 5.03. The molecule has 0 bridgehead atoms. The Morgan fingerprint density at radius 3 is 2.50 bits per heavy atom. The molecule has 0 unspecified atom stereocenters. The number of rotatable bonds is 7. The van der Waals surface area contributed by atoms with Crippen LogP contribution in [0.4, 0.5) is 5.82 Å².